The number of alkyl halides is 2. The van der Waals surface area contributed by atoms with E-state index in [1.54, 1.807) is 31.3 Å². The van der Waals surface area contributed by atoms with Gasteiger partial charge in [-0.1, -0.05) is 12.1 Å². The van der Waals surface area contributed by atoms with Crippen molar-refractivity contribution in [3.8, 4) is 5.75 Å². The van der Waals surface area contributed by atoms with E-state index in [1.165, 1.54) is 28.8 Å². The molecule has 1 unspecified atom stereocenters. The fourth-order valence-corrected chi connectivity index (χ4v) is 3.61. The lowest BCUT2D eigenvalue weighted by molar-refractivity contribution is -0.115. The van der Waals surface area contributed by atoms with Gasteiger partial charge in [0.2, 0.25) is 5.91 Å². The van der Waals surface area contributed by atoms with E-state index in [9.17, 15) is 18.4 Å². The standard InChI is InChI=1S/C19H18F2N2O3S/c1-11-17(24)22-15-9-13(5-8-16(15)27-11)18(25)23(2)10-12-3-6-14(7-4-12)26-19(20)21/h3-9,11,19H,10H2,1-2H3,(H,22,24). The molecule has 1 heterocycles. The highest BCUT2D eigenvalue weighted by Gasteiger charge is 2.24. The van der Waals surface area contributed by atoms with Crippen LogP contribution >= 0.6 is 11.8 Å². The van der Waals surface area contributed by atoms with Crippen LogP contribution in [0.4, 0.5) is 14.5 Å². The predicted molar refractivity (Wildman–Crippen MR) is 99.3 cm³/mol. The Labute approximate surface area is 159 Å². The topological polar surface area (TPSA) is 58.6 Å². The summed E-state index contributed by atoms with van der Waals surface area (Å²) in [6, 6.07) is 11.4. The van der Waals surface area contributed by atoms with Crippen LogP contribution in [-0.4, -0.2) is 35.6 Å². The van der Waals surface area contributed by atoms with Gasteiger partial charge in [0.15, 0.2) is 0 Å². The molecule has 0 saturated carbocycles. The van der Waals surface area contributed by atoms with E-state index in [-0.39, 0.29) is 22.8 Å². The highest BCUT2D eigenvalue weighted by atomic mass is 32.2. The van der Waals surface area contributed by atoms with Gasteiger partial charge in [0.1, 0.15) is 5.75 Å². The number of rotatable bonds is 5. The smallest absolute Gasteiger partial charge is 0.387 e. The van der Waals surface area contributed by atoms with Crippen molar-refractivity contribution in [3.63, 3.8) is 0 Å². The molecular formula is C19H18F2N2O3S. The summed E-state index contributed by atoms with van der Waals surface area (Å²) in [6.07, 6.45) is 0. The summed E-state index contributed by atoms with van der Waals surface area (Å²) in [5.74, 6) is -0.222. The summed E-state index contributed by atoms with van der Waals surface area (Å²) in [7, 11) is 1.65. The van der Waals surface area contributed by atoms with Gasteiger partial charge in [0.25, 0.3) is 5.91 Å². The number of nitrogens with one attached hydrogen (secondary N) is 1. The third-order valence-electron chi connectivity index (χ3n) is 4.07. The van der Waals surface area contributed by atoms with Crippen LogP contribution in [0.2, 0.25) is 0 Å². The number of fused-ring (bicyclic) bond motifs is 1. The molecule has 2 amide bonds. The fraction of sp³-hybridized carbons (Fsp3) is 0.263. The number of carbonyl (C=O) groups excluding carboxylic acids is 2. The number of halogens is 2. The first-order valence-electron chi connectivity index (χ1n) is 8.24. The number of ether oxygens (including phenoxy) is 1. The molecule has 2 aromatic carbocycles. The monoisotopic (exact) mass is 392 g/mol. The third kappa shape index (κ3) is 4.57. The molecule has 0 aliphatic carbocycles. The molecule has 142 valence electrons. The van der Waals surface area contributed by atoms with Crippen molar-refractivity contribution >= 4 is 29.3 Å². The quantitative estimate of drug-likeness (QED) is 0.836. The minimum Gasteiger partial charge on any atom is -0.435 e. The number of nitrogens with zero attached hydrogens (tertiary/aromatic N) is 1. The number of anilines is 1. The molecule has 1 atom stereocenters. The van der Waals surface area contributed by atoms with Crippen LogP contribution in [0.1, 0.15) is 22.8 Å². The molecule has 2 aromatic rings. The van der Waals surface area contributed by atoms with E-state index in [0.29, 0.717) is 17.8 Å². The van der Waals surface area contributed by atoms with E-state index in [2.05, 4.69) is 10.1 Å². The van der Waals surface area contributed by atoms with E-state index >= 15 is 0 Å². The minimum absolute atomic E-state index is 0.0693. The highest BCUT2D eigenvalue weighted by Crippen LogP contribution is 2.36. The highest BCUT2D eigenvalue weighted by molar-refractivity contribution is 8.00. The fourth-order valence-electron chi connectivity index (χ4n) is 2.68. The van der Waals surface area contributed by atoms with E-state index < -0.39 is 6.61 Å². The molecule has 1 aliphatic heterocycles. The average molecular weight is 392 g/mol. The zero-order valence-corrected chi connectivity index (χ0v) is 15.6. The van der Waals surface area contributed by atoms with Crippen LogP contribution in [0.25, 0.3) is 0 Å². The van der Waals surface area contributed by atoms with E-state index in [1.807, 2.05) is 13.0 Å². The maximum Gasteiger partial charge on any atom is 0.387 e. The maximum atomic E-state index is 12.7. The SMILES string of the molecule is CC1Sc2ccc(C(=O)N(C)Cc3ccc(OC(F)F)cc3)cc2NC1=O. The van der Waals surface area contributed by atoms with Gasteiger partial charge in [-0.2, -0.15) is 8.78 Å². The maximum absolute atomic E-state index is 12.7. The lowest BCUT2D eigenvalue weighted by atomic mass is 10.1. The normalized spacial score (nSPS) is 15.9. The van der Waals surface area contributed by atoms with Crippen LogP contribution in [-0.2, 0) is 11.3 Å². The Balaban J connectivity index is 1.68. The summed E-state index contributed by atoms with van der Waals surface area (Å²) in [6.45, 7) is -0.734. The van der Waals surface area contributed by atoms with Gasteiger partial charge in [-0.3, -0.25) is 9.59 Å². The number of benzene rings is 2. The Morgan fingerprint density at radius 1 is 1.26 bits per heavy atom. The molecule has 8 heteroatoms. The van der Waals surface area contributed by atoms with E-state index in [4.69, 9.17) is 0 Å². The average Bonchev–Trinajstić information content (AvgIpc) is 2.63. The number of amides is 2. The van der Waals surface area contributed by atoms with Gasteiger partial charge < -0.3 is 15.0 Å². The van der Waals surface area contributed by atoms with Crippen molar-refractivity contribution < 1.29 is 23.1 Å². The largest absolute Gasteiger partial charge is 0.435 e. The summed E-state index contributed by atoms with van der Waals surface area (Å²) < 4.78 is 28.7. The van der Waals surface area contributed by atoms with Gasteiger partial charge in [0, 0.05) is 24.1 Å². The molecular weight excluding hydrogens is 374 g/mol. The van der Waals surface area contributed by atoms with Gasteiger partial charge in [-0.15, -0.1) is 11.8 Å². The summed E-state index contributed by atoms with van der Waals surface area (Å²) >= 11 is 1.45. The molecule has 0 saturated heterocycles. The second-order valence-corrected chi connectivity index (χ2v) is 7.53. The Bertz CT molecular complexity index is 859. The lowest BCUT2D eigenvalue weighted by Crippen LogP contribution is -2.28. The minimum atomic E-state index is -2.87. The van der Waals surface area contributed by atoms with Crippen molar-refractivity contribution in [1.29, 1.82) is 0 Å². The molecule has 1 aliphatic rings. The molecule has 3 rings (SSSR count). The van der Waals surface area contributed by atoms with Crippen molar-refractivity contribution in [2.24, 2.45) is 0 Å². The first kappa shape index (κ1) is 19.2. The van der Waals surface area contributed by atoms with Gasteiger partial charge in [-0.05, 0) is 42.8 Å². The van der Waals surface area contributed by atoms with Crippen molar-refractivity contribution in [1.82, 2.24) is 4.90 Å². The molecule has 0 aromatic heterocycles. The number of carbonyl (C=O) groups is 2. The number of hydrogen-bond acceptors (Lipinski definition) is 4. The molecule has 27 heavy (non-hydrogen) atoms. The lowest BCUT2D eigenvalue weighted by Gasteiger charge is -2.23. The summed E-state index contributed by atoms with van der Waals surface area (Å²) in [5.41, 5.74) is 1.88. The Kier molecular flexibility index (Phi) is 5.65. The Hall–Kier alpha value is -2.61. The second-order valence-electron chi connectivity index (χ2n) is 6.14. The van der Waals surface area contributed by atoms with Crippen molar-refractivity contribution in [2.45, 2.75) is 30.2 Å². The molecule has 0 spiro atoms. The first-order chi connectivity index (χ1) is 12.8. The van der Waals surface area contributed by atoms with Crippen LogP contribution < -0.4 is 10.1 Å². The molecule has 0 radical (unpaired) electrons. The zero-order valence-electron chi connectivity index (χ0n) is 14.7. The van der Waals surface area contributed by atoms with Gasteiger partial charge in [0.05, 0.1) is 10.9 Å². The number of hydrogen-bond donors (Lipinski definition) is 1. The molecule has 0 bridgehead atoms. The molecule has 0 fully saturated rings. The summed E-state index contributed by atoms with van der Waals surface area (Å²) in [4.78, 5) is 26.9. The van der Waals surface area contributed by atoms with Crippen LogP contribution in [0.5, 0.6) is 5.75 Å². The van der Waals surface area contributed by atoms with Crippen LogP contribution in [0.3, 0.4) is 0 Å². The molecule has 1 N–H and O–H groups in total. The van der Waals surface area contributed by atoms with Crippen molar-refractivity contribution in [3.05, 3.63) is 53.6 Å². The Morgan fingerprint density at radius 3 is 2.63 bits per heavy atom. The van der Waals surface area contributed by atoms with Gasteiger partial charge >= 0.3 is 6.61 Å². The number of thioether (sulfide) groups is 1. The first-order valence-corrected chi connectivity index (χ1v) is 9.12. The Morgan fingerprint density at radius 2 is 1.96 bits per heavy atom. The predicted octanol–water partition coefficient (Wildman–Crippen LogP) is 3.99. The molecule has 5 nitrogen and oxygen atoms in total. The third-order valence-corrected chi connectivity index (χ3v) is 5.25. The van der Waals surface area contributed by atoms with Crippen LogP contribution in [0, 0.1) is 0 Å². The van der Waals surface area contributed by atoms with Crippen LogP contribution in [0.15, 0.2) is 47.4 Å². The zero-order chi connectivity index (χ0) is 19.6. The second kappa shape index (κ2) is 7.96. The summed E-state index contributed by atoms with van der Waals surface area (Å²) in [5, 5.41) is 2.64. The van der Waals surface area contributed by atoms with E-state index in [0.717, 1.165) is 10.5 Å². The van der Waals surface area contributed by atoms with Gasteiger partial charge in [-0.25, -0.2) is 0 Å². The van der Waals surface area contributed by atoms with Crippen molar-refractivity contribution in [2.75, 3.05) is 12.4 Å².